The van der Waals surface area contributed by atoms with Crippen molar-refractivity contribution in [1.29, 1.82) is 0 Å². The molecule has 0 saturated heterocycles. The molecule has 11 heavy (non-hydrogen) atoms. The van der Waals surface area contributed by atoms with Gasteiger partial charge in [0.15, 0.2) is 0 Å². The van der Waals surface area contributed by atoms with Crippen LogP contribution in [0.1, 0.15) is 10.4 Å². The topological polar surface area (TPSA) is 29.1 Å². The highest BCUT2D eigenvalue weighted by Gasteiger charge is 1.79. The molecule has 0 bridgehead atoms. The number of rotatable bonds is 1. The van der Waals surface area contributed by atoms with Gasteiger partial charge in [-0.2, -0.15) is 0 Å². The zero-order chi connectivity index (χ0) is 8.53. The molecule has 0 heterocycles. The van der Waals surface area contributed by atoms with Crippen LogP contribution in [-0.4, -0.2) is 20.4 Å². The minimum Gasteiger partial charge on any atom is -0.323 e. The second-order valence-corrected chi connectivity index (χ2v) is 2.03. The van der Waals surface area contributed by atoms with Crippen LogP contribution in [0.3, 0.4) is 0 Å². The summed E-state index contributed by atoms with van der Waals surface area (Å²) in [6, 6.07) is 9.10. The van der Waals surface area contributed by atoms with E-state index in [0.717, 1.165) is 11.8 Å². The molecular formula is C9H13NO. The molecule has 0 aliphatic rings. The van der Waals surface area contributed by atoms with Gasteiger partial charge < -0.3 is 5.32 Å². The normalized spacial score (nSPS) is 7.82. The van der Waals surface area contributed by atoms with Crippen LogP contribution in [0.4, 0.5) is 0 Å². The summed E-state index contributed by atoms with van der Waals surface area (Å²) in [4.78, 5) is 10.0. The van der Waals surface area contributed by atoms with E-state index in [4.69, 9.17) is 0 Å². The SMILES string of the molecule is CNC.O=Cc1ccccc1. The van der Waals surface area contributed by atoms with Crippen molar-refractivity contribution >= 4 is 6.29 Å². The monoisotopic (exact) mass is 151 g/mol. The highest BCUT2D eigenvalue weighted by Crippen LogP contribution is 1.91. The van der Waals surface area contributed by atoms with Crippen LogP contribution in [0.5, 0.6) is 0 Å². The van der Waals surface area contributed by atoms with Gasteiger partial charge in [-0.1, -0.05) is 30.3 Å². The average Bonchev–Trinajstić information content (AvgIpc) is 2.08. The highest BCUT2D eigenvalue weighted by atomic mass is 16.1. The smallest absolute Gasteiger partial charge is 0.150 e. The van der Waals surface area contributed by atoms with Crippen molar-refractivity contribution in [3.63, 3.8) is 0 Å². The Hall–Kier alpha value is -1.15. The zero-order valence-corrected chi connectivity index (χ0v) is 6.87. The molecule has 0 unspecified atom stereocenters. The number of aldehydes is 1. The Bertz CT molecular complexity index is 184. The lowest BCUT2D eigenvalue weighted by Gasteiger charge is -1.81. The molecule has 0 amide bonds. The maximum absolute atomic E-state index is 10.0. The summed E-state index contributed by atoms with van der Waals surface area (Å²) >= 11 is 0. The molecule has 2 nitrogen and oxygen atoms in total. The van der Waals surface area contributed by atoms with Crippen LogP contribution in [0.15, 0.2) is 30.3 Å². The summed E-state index contributed by atoms with van der Waals surface area (Å²) in [5, 5.41) is 2.75. The third-order valence-corrected chi connectivity index (χ3v) is 0.936. The largest absolute Gasteiger partial charge is 0.323 e. The van der Waals surface area contributed by atoms with Crippen molar-refractivity contribution in [3.05, 3.63) is 35.9 Å². The Morgan fingerprint density at radius 1 is 1.18 bits per heavy atom. The lowest BCUT2D eigenvalue weighted by atomic mass is 10.2. The Morgan fingerprint density at radius 2 is 1.64 bits per heavy atom. The molecule has 1 aromatic rings. The van der Waals surface area contributed by atoms with Crippen LogP contribution >= 0.6 is 0 Å². The van der Waals surface area contributed by atoms with Gasteiger partial charge in [0.05, 0.1) is 0 Å². The van der Waals surface area contributed by atoms with Crippen LogP contribution in [-0.2, 0) is 0 Å². The minimum absolute atomic E-state index is 0.729. The van der Waals surface area contributed by atoms with E-state index in [1.807, 2.05) is 32.3 Å². The molecule has 0 atom stereocenters. The van der Waals surface area contributed by atoms with Gasteiger partial charge in [0.2, 0.25) is 0 Å². The molecule has 0 aliphatic heterocycles. The van der Waals surface area contributed by atoms with Gasteiger partial charge in [0.25, 0.3) is 0 Å². The first-order valence-electron chi connectivity index (χ1n) is 3.44. The lowest BCUT2D eigenvalue weighted by Crippen LogP contribution is -1.89. The molecule has 1 aromatic carbocycles. The van der Waals surface area contributed by atoms with E-state index in [1.54, 1.807) is 12.1 Å². The summed E-state index contributed by atoms with van der Waals surface area (Å²) in [5.74, 6) is 0. The van der Waals surface area contributed by atoms with Crippen molar-refractivity contribution in [2.24, 2.45) is 0 Å². The van der Waals surface area contributed by atoms with Crippen molar-refractivity contribution < 1.29 is 4.79 Å². The lowest BCUT2D eigenvalue weighted by molar-refractivity contribution is 0.112. The standard InChI is InChI=1S/C7H6O.C2H7N/c8-6-7-4-2-1-3-5-7;1-3-2/h1-6H;3H,1-2H3. The van der Waals surface area contributed by atoms with Gasteiger partial charge in [-0.25, -0.2) is 0 Å². The maximum atomic E-state index is 10.0. The van der Waals surface area contributed by atoms with E-state index < -0.39 is 0 Å². The van der Waals surface area contributed by atoms with Gasteiger partial charge in [-0.3, -0.25) is 4.79 Å². The molecule has 0 saturated carbocycles. The molecule has 1 N–H and O–H groups in total. The second-order valence-electron chi connectivity index (χ2n) is 2.03. The fourth-order valence-corrected chi connectivity index (χ4v) is 0.532. The molecule has 1 rings (SSSR count). The Labute approximate surface area is 67.2 Å². The zero-order valence-electron chi connectivity index (χ0n) is 6.87. The van der Waals surface area contributed by atoms with E-state index in [0.29, 0.717) is 0 Å². The average molecular weight is 151 g/mol. The number of hydrogen-bond acceptors (Lipinski definition) is 2. The number of nitrogens with one attached hydrogen (secondary N) is 1. The van der Waals surface area contributed by atoms with Gasteiger partial charge in [-0.05, 0) is 14.1 Å². The molecule has 0 aliphatic carbocycles. The van der Waals surface area contributed by atoms with Gasteiger partial charge in [0.1, 0.15) is 6.29 Å². The maximum Gasteiger partial charge on any atom is 0.150 e. The Morgan fingerprint density at radius 3 is 1.91 bits per heavy atom. The number of carbonyl (C=O) groups excluding carboxylic acids is 1. The number of carbonyl (C=O) groups is 1. The summed E-state index contributed by atoms with van der Waals surface area (Å²) in [6.45, 7) is 0. The fourth-order valence-electron chi connectivity index (χ4n) is 0.532. The predicted octanol–water partition coefficient (Wildman–Crippen LogP) is 1.33. The third-order valence-electron chi connectivity index (χ3n) is 0.936. The summed E-state index contributed by atoms with van der Waals surface area (Å²) < 4.78 is 0. The van der Waals surface area contributed by atoms with Crippen LogP contribution in [0, 0.1) is 0 Å². The minimum atomic E-state index is 0.729. The van der Waals surface area contributed by atoms with Gasteiger partial charge >= 0.3 is 0 Å². The van der Waals surface area contributed by atoms with Crippen LogP contribution in [0.25, 0.3) is 0 Å². The summed E-state index contributed by atoms with van der Waals surface area (Å²) in [5.41, 5.74) is 0.729. The second kappa shape index (κ2) is 6.96. The van der Waals surface area contributed by atoms with E-state index in [9.17, 15) is 4.79 Å². The summed E-state index contributed by atoms with van der Waals surface area (Å²) in [7, 11) is 3.75. The third kappa shape index (κ3) is 5.30. The van der Waals surface area contributed by atoms with Crippen LogP contribution in [0.2, 0.25) is 0 Å². The van der Waals surface area contributed by atoms with Crippen molar-refractivity contribution in [2.45, 2.75) is 0 Å². The highest BCUT2D eigenvalue weighted by molar-refractivity contribution is 5.74. The molecule has 60 valence electrons. The predicted molar refractivity (Wildman–Crippen MR) is 46.8 cm³/mol. The van der Waals surface area contributed by atoms with Crippen molar-refractivity contribution in [3.8, 4) is 0 Å². The molecular weight excluding hydrogens is 138 g/mol. The summed E-state index contributed by atoms with van der Waals surface area (Å²) in [6.07, 6.45) is 0.833. The first-order valence-corrected chi connectivity index (χ1v) is 3.44. The van der Waals surface area contributed by atoms with Crippen molar-refractivity contribution in [1.82, 2.24) is 5.32 Å². The van der Waals surface area contributed by atoms with E-state index >= 15 is 0 Å². The molecule has 0 radical (unpaired) electrons. The van der Waals surface area contributed by atoms with Gasteiger partial charge in [0, 0.05) is 5.56 Å². The number of hydrogen-bond donors (Lipinski definition) is 1. The van der Waals surface area contributed by atoms with Gasteiger partial charge in [-0.15, -0.1) is 0 Å². The van der Waals surface area contributed by atoms with E-state index in [2.05, 4.69) is 5.32 Å². The Balaban J connectivity index is 0.000000292. The first kappa shape index (κ1) is 9.85. The van der Waals surface area contributed by atoms with E-state index in [1.165, 1.54) is 0 Å². The molecule has 2 heteroatoms. The first-order chi connectivity index (χ1) is 5.35. The molecule has 0 spiro atoms. The van der Waals surface area contributed by atoms with E-state index in [-0.39, 0.29) is 0 Å². The fraction of sp³-hybridized carbons (Fsp3) is 0.222. The molecule has 0 fully saturated rings. The number of benzene rings is 1. The quantitative estimate of drug-likeness (QED) is 0.613. The Kier molecular flexibility index (Phi) is 6.24. The van der Waals surface area contributed by atoms with Crippen molar-refractivity contribution in [2.75, 3.05) is 14.1 Å². The molecule has 0 aromatic heterocycles. The van der Waals surface area contributed by atoms with Crippen LogP contribution < -0.4 is 5.32 Å².